The van der Waals surface area contributed by atoms with Crippen LogP contribution in [0.25, 0.3) is 10.6 Å². The minimum Gasteiger partial charge on any atom is -0.309 e. The molecule has 0 spiro atoms. The third-order valence-electron chi connectivity index (χ3n) is 3.46. The first-order valence-electron chi connectivity index (χ1n) is 6.51. The van der Waals surface area contributed by atoms with Crippen LogP contribution in [0.3, 0.4) is 0 Å². The molecule has 0 unspecified atom stereocenters. The number of hydrogen-bond acceptors (Lipinski definition) is 3. The quantitative estimate of drug-likeness (QED) is 0.831. The molecule has 1 aromatic carbocycles. The highest BCUT2D eigenvalue weighted by molar-refractivity contribution is 7.13. The molecule has 0 radical (unpaired) electrons. The highest BCUT2D eigenvalue weighted by atomic mass is 32.1. The summed E-state index contributed by atoms with van der Waals surface area (Å²) < 4.78 is 52.0. The van der Waals surface area contributed by atoms with E-state index in [0.29, 0.717) is 0 Å². The number of nitrogens with one attached hydrogen (secondary N) is 1. The average Bonchev–Trinajstić information content (AvgIpc) is 3.09. The van der Waals surface area contributed by atoms with Crippen LogP contribution < -0.4 is 5.32 Å². The topological polar surface area (TPSA) is 24.9 Å². The second kappa shape index (κ2) is 5.38. The summed E-state index contributed by atoms with van der Waals surface area (Å²) in [5.41, 5.74) is -0.196. The molecule has 2 heterocycles. The highest BCUT2D eigenvalue weighted by Gasteiger charge is 2.31. The maximum atomic E-state index is 13.8. The van der Waals surface area contributed by atoms with Gasteiger partial charge in [0.25, 0.3) is 0 Å². The third kappa shape index (κ3) is 2.94. The van der Waals surface area contributed by atoms with E-state index in [1.165, 1.54) is 0 Å². The van der Waals surface area contributed by atoms with Crippen LogP contribution in [0.1, 0.15) is 30.1 Å². The van der Waals surface area contributed by atoms with E-state index < -0.39 is 17.6 Å². The Morgan fingerprint density at radius 1 is 1.29 bits per heavy atom. The van der Waals surface area contributed by atoms with Gasteiger partial charge in [-0.3, -0.25) is 0 Å². The highest BCUT2D eigenvalue weighted by Crippen LogP contribution is 2.35. The molecular formula is C14H12F4N2S. The summed E-state index contributed by atoms with van der Waals surface area (Å²) in [4.78, 5) is 4.30. The van der Waals surface area contributed by atoms with Crippen LogP contribution in [0.15, 0.2) is 23.6 Å². The molecule has 0 bridgehead atoms. The molecular weight excluding hydrogens is 304 g/mol. The Kier molecular flexibility index (Phi) is 3.71. The van der Waals surface area contributed by atoms with E-state index in [1.54, 1.807) is 5.38 Å². The summed E-state index contributed by atoms with van der Waals surface area (Å²) in [5, 5.41) is 5.31. The van der Waals surface area contributed by atoms with E-state index in [0.717, 1.165) is 54.6 Å². The van der Waals surface area contributed by atoms with Gasteiger partial charge in [0.2, 0.25) is 0 Å². The van der Waals surface area contributed by atoms with Gasteiger partial charge in [-0.1, -0.05) is 0 Å². The summed E-state index contributed by atoms with van der Waals surface area (Å²) in [6.07, 6.45) is -2.51. The van der Waals surface area contributed by atoms with Crippen LogP contribution in [0.2, 0.25) is 0 Å². The van der Waals surface area contributed by atoms with Gasteiger partial charge in [0.15, 0.2) is 0 Å². The summed E-state index contributed by atoms with van der Waals surface area (Å²) in [5.74, 6) is -0.691. The fraction of sp³-hybridized carbons (Fsp3) is 0.357. The standard InChI is InChI=1S/C14H12F4N2S/c15-10-4-3-8(14(16,17)18)6-9(10)13-20-12(7-21-13)11-2-1-5-19-11/h3-4,6-7,11,19H,1-2,5H2/t11-/m0/s1. The van der Waals surface area contributed by atoms with Crippen LogP contribution >= 0.6 is 11.3 Å². The smallest absolute Gasteiger partial charge is 0.309 e. The second-order valence-corrected chi connectivity index (χ2v) is 5.78. The molecule has 1 aliphatic rings. The first-order valence-corrected chi connectivity index (χ1v) is 7.39. The van der Waals surface area contributed by atoms with E-state index in [-0.39, 0.29) is 16.6 Å². The predicted octanol–water partition coefficient (Wildman–Crippen LogP) is 4.39. The van der Waals surface area contributed by atoms with Crippen molar-refractivity contribution in [2.45, 2.75) is 25.1 Å². The monoisotopic (exact) mass is 316 g/mol. The van der Waals surface area contributed by atoms with Gasteiger partial charge in [-0.15, -0.1) is 11.3 Å². The maximum absolute atomic E-state index is 13.8. The number of benzene rings is 1. The minimum atomic E-state index is -4.49. The van der Waals surface area contributed by atoms with Crippen molar-refractivity contribution < 1.29 is 17.6 Å². The Labute approximate surface area is 122 Å². The Morgan fingerprint density at radius 2 is 2.10 bits per heavy atom. The molecule has 0 aliphatic carbocycles. The van der Waals surface area contributed by atoms with E-state index >= 15 is 0 Å². The summed E-state index contributed by atoms with van der Waals surface area (Å²) in [6, 6.07) is 2.52. The molecule has 1 aromatic heterocycles. The van der Waals surface area contributed by atoms with Gasteiger partial charge in [-0.2, -0.15) is 13.2 Å². The maximum Gasteiger partial charge on any atom is 0.416 e. The zero-order valence-electron chi connectivity index (χ0n) is 10.9. The minimum absolute atomic E-state index is 0.0981. The van der Waals surface area contributed by atoms with Gasteiger partial charge in [0, 0.05) is 10.9 Å². The van der Waals surface area contributed by atoms with Gasteiger partial charge >= 0.3 is 6.18 Å². The van der Waals surface area contributed by atoms with Crippen molar-refractivity contribution in [3.63, 3.8) is 0 Å². The Bertz CT molecular complexity index is 645. The normalized spacial score (nSPS) is 19.1. The fourth-order valence-electron chi connectivity index (χ4n) is 2.37. The largest absolute Gasteiger partial charge is 0.416 e. The molecule has 1 fully saturated rings. The molecule has 1 aliphatic heterocycles. The molecule has 3 rings (SSSR count). The van der Waals surface area contributed by atoms with Crippen molar-refractivity contribution in [2.24, 2.45) is 0 Å². The lowest BCUT2D eigenvalue weighted by Gasteiger charge is -2.08. The van der Waals surface area contributed by atoms with Crippen molar-refractivity contribution in [3.8, 4) is 10.6 Å². The molecule has 1 N–H and O–H groups in total. The van der Waals surface area contributed by atoms with Crippen molar-refractivity contribution in [3.05, 3.63) is 40.7 Å². The number of nitrogens with zero attached hydrogens (tertiary/aromatic N) is 1. The van der Waals surface area contributed by atoms with Crippen LogP contribution in [-0.2, 0) is 6.18 Å². The average molecular weight is 316 g/mol. The van der Waals surface area contributed by atoms with Crippen molar-refractivity contribution in [2.75, 3.05) is 6.54 Å². The van der Waals surface area contributed by atoms with E-state index in [9.17, 15) is 17.6 Å². The number of halogens is 4. The molecule has 0 amide bonds. The summed E-state index contributed by atoms with van der Waals surface area (Å²) in [6.45, 7) is 0.898. The SMILES string of the molecule is Fc1ccc(C(F)(F)F)cc1-c1nc([C@@H]2CCCN2)cs1. The Balaban J connectivity index is 1.96. The van der Waals surface area contributed by atoms with Crippen molar-refractivity contribution >= 4 is 11.3 Å². The number of hydrogen-bond donors (Lipinski definition) is 1. The van der Waals surface area contributed by atoms with Gasteiger partial charge < -0.3 is 5.32 Å². The number of aromatic nitrogens is 1. The fourth-order valence-corrected chi connectivity index (χ4v) is 3.26. The third-order valence-corrected chi connectivity index (χ3v) is 4.36. The van der Waals surface area contributed by atoms with Gasteiger partial charge in [0.05, 0.1) is 17.3 Å². The van der Waals surface area contributed by atoms with Crippen LogP contribution in [0.4, 0.5) is 17.6 Å². The first-order chi connectivity index (χ1) is 9.95. The molecule has 7 heteroatoms. The van der Waals surface area contributed by atoms with Crippen molar-refractivity contribution in [1.82, 2.24) is 10.3 Å². The molecule has 0 saturated carbocycles. The molecule has 112 valence electrons. The molecule has 21 heavy (non-hydrogen) atoms. The van der Waals surface area contributed by atoms with E-state index in [1.807, 2.05) is 0 Å². The van der Waals surface area contributed by atoms with Crippen LogP contribution in [0, 0.1) is 5.82 Å². The van der Waals surface area contributed by atoms with Crippen LogP contribution in [-0.4, -0.2) is 11.5 Å². The lowest BCUT2D eigenvalue weighted by Crippen LogP contribution is -2.13. The molecule has 1 saturated heterocycles. The van der Waals surface area contributed by atoms with E-state index in [2.05, 4.69) is 10.3 Å². The number of thiazole rings is 1. The Hall–Kier alpha value is -1.47. The Morgan fingerprint density at radius 3 is 2.76 bits per heavy atom. The van der Waals surface area contributed by atoms with E-state index in [4.69, 9.17) is 0 Å². The zero-order valence-corrected chi connectivity index (χ0v) is 11.7. The first kappa shape index (κ1) is 14.5. The summed E-state index contributed by atoms with van der Waals surface area (Å²) in [7, 11) is 0. The zero-order chi connectivity index (χ0) is 15.0. The van der Waals surface area contributed by atoms with Crippen LogP contribution in [0.5, 0.6) is 0 Å². The van der Waals surface area contributed by atoms with Crippen molar-refractivity contribution in [1.29, 1.82) is 0 Å². The molecule has 2 nitrogen and oxygen atoms in total. The lowest BCUT2D eigenvalue weighted by atomic mass is 10.1. The van der Waals surface area contributed by atoms with Gasteiger partial charge in [-0.25, -0.2) is 9.37 Å². The predicted molar refractivity (Wildman–Crippen MR) is 72.5 cm³/mol. The summed E-state index contributed by atoms with van der Waals surface area (Å²) >= 11 is 1.16. The molecule has 1 atom stereocenters. The molecule has 2 aromatic rings. The van der Waals surface area contributed by atoms with Gasteiger partial charge in [0.1, 0.15) is 10.8 Å². The van der Waals surface area contributed by atoms with Gasteiger partial charge in [-0.05, 0) is 37.6 Å². The number of rotatable bonds is 2. The second-order valence-electron chi connectivity index (χ2n) is 4.92. The lowest BCUT2D eigenvalue weighted by molar-refractivity contribution is -0.137. The number of alkyl halides is 3.